The quantitative estimate of drug-likeness (QED) is 0.778. The Kier molecular flexibility index (Phi) is 4.42. The highest BCUT2D eigenvalue weighted by atomic mass is 16.5. The van der Waals surface area contributed by atoms with Gasteiger partial charge in [0.2, 0.25) is 5.89 Å². The highest BCUT2D eigenvalue weighted by molar-refractivity contribution is 5.73. The molecule has 1 atom stereocenters. The van der Waals surface area contributed by atoms with Gasteiger partial charge in [-0.2, -0.15) is 4.98 Å². The number of aryl methyl sites for hydroxylation is 1. The first kappa shape index (κ1) is 12.6. The molecule has 1 rings (SSSR count). The van der Waals surface area contributed by atoms with E-state index < -0.39 is 12.0 Å². The number of carboxylic acids is 1. The molecule has 1 unspecified atom stereocenters. The molecule has 0 aliphatic heterocycles. The molecule has 0 aromatic carbocycles. The highest BCUT2D eigenvalue weighted by Gasteiger charge is 2.21. The van der Waals surface area contributed by atoms with Crippen molar-refractivity contribution in [3.05, 3.63) is 11.7 Å². The molecule has 0 saturated carbocycles. The van der Waals surface area contributed by atoms with Crippen molar-refractivity contribution in [2.45, 2.75) is 39.3 Å². The summed E-state index contributed by atoms with van der Waals surface area (Å²) in [5.41, 5.74) is 0. The van der Waals surface area contributed by atoms with Gasteiger partial charge in [-0.3, -0.25) is 9.69 Å². The van der Waals surface area contributed by atoms with Gasteiger partial charge >= 0.3 is 5.97 Å². The average molecular weight is 227 g/mol. The van der Waals surface area contributed by atoms with Gasteiger partial charge in [-0.25, -0.2) is 0 Å². The first-order valence-corrected chi connectivity index (χ1v) is 5.33. The molecule has 0 aliphatic carbocycles. The van der Waals surface area contributed by atoms with E-state index in [9.17, 15) is 4.79 Å². The zero-order chi connectivity index (χ0) is 12.1. The molecule has 0 radical (unpaired) electrons. The van der Waals surface area contributed by atoms with Gasteiger partial charge in [0.15, 0.2) is 5.82 Å². The molecular formula is C10H17N3O3. The van der Waals surface area contributed by atoms with E-state index in [0.29, 0.717) is 31.1 Å². The molecule has 0 amide bonds. The lowest BCUT2D eigenvalue weighted by Gasteiger charge is -2.21. The Balaban J connectivity index is 2.62. The summed E-state index contributed by atoms with van der Waals surface area (Å²) in [7, 11) is 1.74. The zero-order valence-electron chi connectivity index (χ0n) is 9.80. The van der Waals surface area contributed by atoms with Crippen LogP contribution in [0.2, 0.25) is 0 Å². The molecule has 0 bridgehead atoms. The fourth-order valence-corrected chi connectivity index (χ4v) is 1.51. The minimum absolute atomic E-state index is 0.383. The van der Waals surface area contributed by atoms with Crippen molar-refractivity contribution in [1.82, 2.24) is 15.0 Å². The number of aliphatic carboxylic acids is 1. The van der Waals surface area contributed by atoms with Crippen molar-refractivity contribution in [2.75, 3.05) is 7.05 Å². The Labute approximate surface area is 94.3 Å². The van der Waals surface area contributed by atoms with Gasteiger partial charge in [0, 0.05) is 6.42 Å². The lowest BCUT2D eigenvalue weighted by atomic mass is 10.2. The summed E-state index contributed by atoms with van der Waals surface area (Å²) in [5.74, 6) is 0.273. The minimum Gasteiger partial charge on any atom is -0.480 e. The van der Waals surface area contributed by atoms with Crippen molar-refractivity contribution in [3.8, 4) is 0 Å². The first-order valence-electron chi connectivity index (χ1n) is 5.33. The van der Waals surface area contributed by atoms with Gasteiger partial charge in [0.05, 0.1) is 6.54 Å². The molecule has 1 aromatic heterocycles. The molecule has 1 heterocycles. The molecule has 6 heteroatoms. The smallest absolute Gasteiger partial charge is 0.320 e. The Hall–Kier alpha value is -1.43. The SMILES string of the molecule is CCc1nc(CN(C)C(CC)C(=O)O)no1. The zero-order valence-corrected chi connectivity index (χ0v) is 9.80. The van der Waals surface area contributed by atoms with Crippen molar-refractivity contribution in [1.29, 1.82) is 0 Å². The van der Waals surface area contributed by atoms with Crippen molar-refractivity contribution in [3.63, 3.8) is 0 Å². The van der Waals surface area contributed by atoms with Crippen molar-refractivity contribution < 1.29 is 14.4 Å². The third-order valence-corrected chi connectivity index (χ3v) is 2.41. The monoisotopic (exact) mass is 227 g/mol. The topological polar surface area (TPSA) is 79.5 Å². The predicted molar refractivity (Wildman–Crippen MR) is 56.9 cm³/mol. The summed E-state index contributed by atoms with van der Waals surface area (Å²) in [6, 6.07) is -0.511. The molecule has 0 saturated heterocycles. The van der Waals surface area contributed by atoms with Crippen LogP contribution in [0.4, 0.5) is 0 Å². The number of hydrogen-bond acceptors (Lipinski definition) is 5. The number of rotatable bonds is 6. The highest BCUT2D eigenvalue weighted by Crippen LogP contribution is 2.07. The molecule has 0 spiro atoms. The lowest BCUT2D eigenvalue weighted by Crippen LogP contribution is -2.37. The minimum atomic E-state index is -0.829. The molecule has 6 nitrogen and oxygen atoms in total. The van der Waals surface area contributed by atoms with E-state index in [4.69, 9.17) is 9.63 Å². The fraction of sp³-hybridized carbons (Fsp3) is 0.700. The summed E-state index contributed by atoms with van der Waals surface area (Å²) in [4.78, 5) is 16.8. The summed E-state index contributed by atoms with van der Waals surface area (Å²) in [5, 5.41) is 12.7. The van der Waals surface area contributed by atoms with Crippen molar-refractivity contribution >= 4 is 5.97 Å². The first-order chi connectivity index (χ1) is 7.58. The van der Waals surface area contributed by atoms with Crippen LogP contribution in [-0.4, -0.2) is 39.2 Å². The third-order valence-electron chi connectivity index (χ3n) is 2.41. The molecule has 16 heavy (non-hydrogen) atoms. The van der Waals surface area contributed by atoms with Gasteiger partial charge in [-0.05, 0) is 13.5 Å². The van der Waals surface area contributed by atoms with Crippen LogP contribution in [0.1, 0.15) is 32.0 Å². The van der Waals surface area contributed by atoms with Gasteiger partial charge in [-0.1, -0.05) is 19.0 Å². The molecular weight excluding hydrogens is 210 g/mol. The average Bonchev–Trinajstić information content (AvgIpc) is 2.65. The van der Waals surface area contributed by atoms with Crippen molar-refractivity contribution in [2.24, 2.45) is 0 Å². The molecule has 0 aliphatic rings. The van der Waals surface area contributed by atoms with Gasteiger partial charge in [0.25, 0.3) is 0 Å². The summed E-state index contributed by atoms with van der Waals surface area (Å²) < 4.78 is 4.95. The maximum Gasteiger partial charge on any atom is 0.320 e. The number of hydrogen-bond donors (Lipinski definition) is 1. The van der Waals surface area contributed by atoms with E-state index >= 15 is 0 Å². The van der Waals surface area contributed by atoms with Gasteiger partial charge in [-0.15, -0.1) is 0 Å². The Bertz CT molecular complexity index is 351. The Morgan fingerprint density at radius 3 is 2.69 bits per heavy atom. The number of aromatic nitrogens is 2. The van der Waals surface area contributed by atoms with Crippen LogP contribution >= 0.6 is 0 Å². The second-order valence-corrected chi connectivity index (χ2v) is 3.64. The Morgan fingerprint density at radius 2 is 2.25 bits per heavy atom. The summed E-state index contributed by atoms with van der Waals surface area (Å²) in [6.45, 7) is 4.14. The number of carboxylic acid groups (broad SMARTS) is 1. The Morgan fingerprint density at radius 1 is 1.56 bits per heavy atom. The maximum absolute atomic E-state index is 10.9. The molecule has 90 valence electrons. The predicted octanol–water partition coefficient (Wildman–Crippen LogP) is 0.927. The number of carbonyl (C=O) groups is 1. The van der Waals surface area contributed by atoms with Crippen LogP contribution in [0.3, 0.4) is 0 Å². The van der Waals surface area contributed by atoms with E-state index in [1.807, 2.05) is 13.8 Å². The molecule has 1 N–H and O–H groups in total. The largest absolute Gasteiger partial charge is 0.480 e. The maximum atomic E-state index is 10.9. The molecule has 0 fully saturated rings. The van der Waals surface area contributed by atoms with Crippen LogP contribution in [0.15, 0.2) is 4.52 Å². The lowest BCUT2D eigenvalue weighted by molar-refractivity contribution is -0.143. The number of likely N-dealkylation sites (N-methyl/N-ethyl adjacent to an activating group) is 1. The second kappa shape index (κ2) is 5.60. The van der Waals surface area contributed by atoms with Gasteiger partial charge < -0.3 is 9.63 Å². The summed E-state index contributed by atoms with van der Waals surface area (Å²) >= 11 is 0. The normalized spacial score (nSPS) is 13.0. The van der Waals surface area contributed by atoms with Crippen LogP contribution in [0.25, 0.3) is 0 Å². The second-order valence-electron chi connectivity index (χ2n) is 3.64. The van der Waals surface area contributed by atoms with Gasteiger partial charge in [0.1, 0.15) is 6.04 Å². The van der Waals surface area contributed by atoms with Crippen LogP contribution < -0.4 is 0 Å². The molecule has 1 aromatic rings. The fourth-order valence-electron chi connectivity index (χ4n) is 1.51. The van der Waals surface area contributed by atoms with Crippen LogP contribution in [0, 0.1) is 0 Å². The van der Waals surface area contributed by atoms with Crippen LogP contribution in [-0.2, 0) is 17.8 Å². The van der Waals surface area contributed by atoms with E-state index in [1.54, 1.807) is 11.9 Å². The number of nitrogens with zero attached hydrogens (tertiary/aromatic N) is 3. The summed E-state index contributed by atoms with van der Waals surface area (Å²) in [6.07, 6.45) is 1.23. The van der Waals surface area contributed by atoms with Crippen LogP contribution in [0.5, 0.6) is 0 Å². The van der Waals surface area contributed by atoms with E-state index in [-0.39, 0.29) is 0 Å². The van der Waals surface area contributed by atoms with E-state index in [2.05, 4.69) is 10.1 Å². The van der Waals surface area contributed by atoms with E-state index in [0.717, 1.165) is 0 Å². The standard InChI is InChI=1S/C10H17N3O3/c1-4-7(10(14)15)13(3)6-8-11-9(5-2)16-12-8/h7H,4-6H2,1-3H3,(H,14,15). The third kappa shape index (κ3) is 3.03. The van der Waals surface area contributed by atoms with E-state index in [1.165, 1.54) is 0 Å².